The van der Waals surface area contributed by atoms with E-state index in [2.05, 4.69) is 22.5 Å². The summed E-state index contributed by atoms with van der Waals surface area (Å²) in [5.74, 6) is 1.36. The van der Waals surface area contributed by atoms with Crippen molar-refractivity contribution in [2.45, 2.75) is 13.5 Å². The second kappa shape index (κ2) is 7.25. The third kappa shape index (κ3) is 3.85. The van der Waals surface area contributed by atoms with Crippen molar-refractivity contribution < 1.29 is 9.53 Å². The number of thiophene rings is 1. The highest BCUT2D eigenvalue weighted by atomic mass is 32.1. The molecular formula is C21H19N3O2S. The first-order valence-corrected chi connectivity index (χ1v) is 9.47. The molecule has 1 amide bonds. The lowest BCUT2D eigenvalue weighted by Gasteiger charge is -2.06. The number of fused-ring (bicyclic) bond motifs is 1. The smallest absolute Gasteiger partial charge is 0.266 e. The molecule has 0 aliphatic heterocycles. The summed E-state index contributed by atoms with van der Waals surface area (Å²) >= 11 is 1.41. The van der Waals surface area contributed by atoms with Crippen LogP contribution in [0.5, 0.6) is 5.75 Å². The summed E-state index contributed by atoms with van der Waals surface area (Å²) in [5, 5.41) is 11.4. The Morgan fingerprint density at radius 2 is 1.96 bits per heavy atom. The minimum atomic E-state index is -0.139. The van der Waals surface area contributed by atoms with Gasteiger partial charge in [-0.25, -0.2) is 0 Å². The van der Waals surface area contributed by atoms with Crippen molar-refractivity contribution in [1.82, 2.24) is 9.78 Å². The summed E-state index contributed by atoms with van der Waals surface area (Å²) < 4.78 is 7.55. The fourth-order valence-electron chi connectivity index (χ4n) is 2.90. The molecule has 0 saturated heterocycles. The maximum absolute atomic E-state index is 12.4. The van der Waals surface area contributed by atoms with Crippen LogP contribution in [0.1, 0.15) is 20.9 Å². The zero-order chi connectivity index (χ0) is 18.8. The van der Waals surface area contributed by atoms with Gasteiger partial charge in [0.25, 0.3) is 5.91 Å². The predicted molar refractivity (Wildman–Crippen MR) is 108 cm³/mol. The Balaban J connectivity index is 1.41. The molecule has 0 unspecified atom stereocenters. The number of aryl methyl sites for hydroxylation is 2. The van der Waals surface area contributed by atoms with Crippen molar-refractivity contribution in [3.8, 4) is 5.75 Å². The van der Waals surface area contributed by atoms with Crippen LogP contribution < -0.4 is 10.1 Å². The first-order valence-electron chi connectivity index (χ1n) is 8.59. The number of amides is 1. The molecule has 4 aromatic rings. The Bertz CT molecular complexity index is 1110. The molecule has 0 atom stereocenters. The maximum atomic E-state index is 12.4. The molecule has 2 aromatic carbocycles. The van der Waals surface area contributed by atoms with E-state index in [0.29, 0.717) is 17.3 Å². The Hall–Kier alpha value is -3.12. The number of rotatable bonds is 5. The van der Waals surface area contributed by atoms with Gasteiger partial charge in [0.2, 0.25) is 0 Å². The van der Waals surface area contributed by atoms with Gasteiger partial charge in [0.15, 0.2) is 0 Å². The standard InChI is InChI=1S/C21H19N3O2S/c1-14-9-20(24(2)23-14)22-21(25)19-10-15(13-27-19)12-26-18-8-7-16-5-3-4-6-17(16)11-18/h3-11,13H,12H2,1-2H3,(H,22,25). The van der Waals surface area contributed by atoms with Gasteiger partial charge in [-0.05, 0) is 41.3 Å². The molecule has 6 heteroatoms. The lowest BCUT2D eigenvalue weighted by molar-refractivity contribution is 0.102. The highest BCUT2D eigenvalue weighted by Crippen LogP contribution is 2.23. The molecule has 136 valence electrons. The molecule has 0 aliphatic rings. The van der Waals surface area contributed by atoms with Crippen molar-refractivity contribution in [3.05, 3.63) is 76.1 Å². The fourth-order valence-corrected chi connectivity index (χ4v) is 3.69. The highest BCUT2D eigenvalue weighted by molar-refractivity contribution is 7.12. The van der Waals surface area contributed by atoms with E-state index in [-0.39, 0.29) is 5.91 Å². The van der Waals surface area contributed by atoms with E-state index in [1.807, 2.05) is 54.8 Å². The number of carbonyl (C=O) groups is 1. The molecular weight excluding hydrogens is 358 g/mol. The molecule has 0 radical (unpaired) electrons. The summed E-state index contributed by atoms with van der Waals surface area (Å²) in [7, 11) is 1.81. The number of carbonyl (C=O) groups excluding carboxylic acids is 1. The van der Waals surface area contributed by atoms with Gasteiger partial charge in [0.1, 0.15) is 18.2 Å². The minimum absolute atomic E-state index is 0.139. The zero-order valence-electron chi connectivity index (χ0n) is 15.1. The summed E-state index contributed by atoms with van der Waals surface area (Å²) in [6.07, 6.45) is 0. The molecule has 2 heterocycles. The van der Waals surface area contributed by atoms with E-state index in [1.54, 1.807) is 11.7 Å². The SMILES string of the molecule is Cc1cc(NC(=O)c2cc(COc3ccc4ccccc4c3)cs2)n(C)n1. The van der Waals surface area contributed by atoms with E-state index in [0.717, 1.165) is 22.4 Å². The Kier molecular flexibility index (Phi) is 4.64. The number of anilines is 1. The summed E-state index contributed by atoms with van der Waals surface area (Å²) in [6, 6.07) is 17.9. The monoisotopic (exact) mass is 377 g/mol. The van der Waals surface area contributed by atoms with Crippen molar-refractivity contribution in [2.24, 2.45) is 7.05 Å². The summed E-state index contributed by atoms with van der Waals surface area (Å²) in [4.78, 5) is 13.1. The normalized spacial score (nSPS) is 10.9. The second-order valence-electron chi connectivity index (χ2n) is 6.37. The Morgan fingerprint density at radius 1 is 1.15 bits per heavy atom. The van der Waals surface area contributed by atoms with Crippen molar-refractivity contribution >= 4 is 33.8 Å². The lowest BCUT2D eigenvalue weighted by atomic mass is 10.1. The first-order chi connectivity index (χ1) is 13.1. The van der Waals surface area contributed by atoms with Gasteiger partial charge in [0, 0.05) is 18.7 Å². The summed E-state index contributed by atoms with van der Waals surface area (Å²) in [6.45, 7) is 2.32. The van der Waals surface area contributed by atoms with Gasteiger partial charge in [-0.1, -0.05) is 30.3 Å². The quantitative estimate of drug-likeness (QED) is 0.545. The van der Waals surface area contributed by atoms with Crippen LogP contribution in [-0.2, 0) is 13.7 Å². The van der Waals surface area contributed by atoms with Gasteiger partial charge in [-0.15, -0.1) is 11.3 Å². The van der Waals surface area contributed by atoms with Gasteiger partial charge in [0.05, 0.1) is 10.6 Å². The topological polar surface area (TPSA) is 56.1 Å². The van der Waals surface area contributed by atoms with Crippen molar-refractivity contribution in [3.63, 3.8) is 0 Å². The van der Waals surface area contributed by atoms with E-state index in [9.17, 15) is 4.79 Å². The number of hydrogen-bond acceptors (Lipinski definition) is 4. The molecule has 1 N–H and O–H groups in total. The number of hydrogen-bond donors (Lipinski definition) is 1. The molecule has 0 bridgehead atoms. The molecule has 2 aromatic heterocycles. The van der Waals surface area contributed by atoms with Crippen LogP contribution >= 0.6 is 11.3 Å². The zero-order valence-corrected chi connectivity index (χ0v) is 15.9. The van der Waals surface area contributed by atoms with Crippen molar-refractivity contribution in [2.75, 3.05) is 5.32 Å². The highest BCUT2D eigenvalue weighted by Gasteiger charge is 2.12. The van der Waals surface area contributed by atoms with E-state index >= 15 is 0 Å². The molecule has 0 fully saturated rings. The fraction of sp³-hybridized carbons (Fsp3) is 0.143. The second-order valence-corrected chi connectivity index (χ2v) is 7.28. The van der Waals surface area contributed by atoms with Crippen LogP contribution in [0.25, 0.3) is 10.8 Å². The number of aromatic nitrogens is 2. The van der Waals surface area contributed by atoms with Gasteiger partial charge in [-0.3, -0.25) is 9.48 Å². The average molecular weight is 377 g/mol. The van der Waals surface area contributed by atoms with Gasteiger partial charge < -0.3 is 10.1 Å². The molecule has 4 rings (SSSR count). The van der Waals surface area contributed by atoms with Gasteiger partial charge in [-0.2, -0.15) is 5.10 Å². The number of benzene rings is 2. The van der Waals surface area contributed by atoms with Crippen LogP contribution in [0, 0.1) is 6.92 Å². The Labute approximate surface area is 161 Å². The van der Waals surface area contributed by atoms with Crippen LogP contribution in [0.2, 0.25) is 0 Å². The molecule has 5 nitrogen and oxygen atoms in total. The van der Waals surface area contributed by atoms with E-state index < -0.39 is 0 Å². The maximum Gasteiger partial charge on any atom is 0.266 e. The van der Waals surface area contributed by atoms with E-state index in [1.165, 1.54) is 16.7 Å². The van der Waals surface area contributed by atoms with Crippen LogP contribution in [0.15, 0.2) is 60.0 Å². The molecule has 0 spiro atoms. The number of nitrogens with one attached hydrogen (secondary N) is 1. The lowest BCUT2D eigenvalue weighted by Crippen LogP contribution is -2.13. The van der Waals surface area contributed by atoms with E-state index in [4.69, 9.17) is 4.74 Å². The van der Waals surface area contributed by atoms with Crippen LogP contribution in [-0.4, -0.2) is 15.7 Å². The number of ether oxygens (including phenoxy) is 1. The minimum Gasteiger partial charge on any atom is -0.489 e. The summed E-state index contributed by atoms with van der Waals surface area (Å²) in [5.41, 5.74) is 1.84. The van der Waals surface area contributed by atoms with Crippen LogP contribution in [0.3, 0.4) is 0 Å². The molecule has 0 aliphatic carbocycles. The third-order valence-electron chi connectivity index (χ3n) is 4.25. The Morgan fingerprint density at radius 3 is 2.74 bits per heavy atom. The third-order valence-corrected chi connectivity index (χ3v) is 5.23. The average Bonchev–Trinajstić information content (AvgIpc) is 3.26. The molecule has 0 saturated carbocycles. The largest absolute Gasteiger partial charge is 0.489 e. The first kappa shape index (κ1) is 17.3. The molecule has 27 heavy (non-hydrogen) atoms. The van der Waals surface area contributed by atoms with Gasteiger partial charge >= 0.3 is 0 Å². The van der Waals surface area contributed by atoms with Crippen LogP contribution in [0.4, 0.5) is 5.82 Å². The predicted octanol–water partition coefficient (Wildman–Crippen LogP) is 4.77. The number of nitrogens with zero attached hydrogens (tertiary/aromatic N) is 2. The van der Waals surface area contributed by atoms with Crippen molar-refractivity contribution in [1.29, 1.82) is 0 Å².